The Hall–Kier alpha value is -2.69. The second-order valence-electron chi connectivity index (χ2n) is 6.24. The quantitative estimate of drug-likeness (QED) is 0.863. The average molecular weight is 326 g/mol. The van der Waals surface area contributed by atoms with Crippen LogP contribution in [0.3, 0.4) is 0 Å². The third kappa shape index (κ3) is 2.28. The number of carbonyl (C=O) groups excluding carboxylic acids is 1. The lowest BCUT2D eigenvalue weighted by molar-refractivity contribution is -0.255. The Kier molecular flexibility index (Phi) is 3.37. The van der Waals surface area contributed by atoms with Crippen molar-refractivity contribution < 1.29 is 18.7 Å². The molecular formula is C19H14F2NO2-. The Labute approximate surface area is 137 Å². The minimum absolute atomic E-state index is 0.0581. The summed E-state index contributed by atoms with van der Waals surface area (Å²) in [6.07, 6.45) is 4.81. The number of allylic oxidation sites excluding steroid dienone is 2. The summed E-state index contributed by atoms with van der Waals surface area (Å²) in [5.41, 5.74) is 1.92. The second kappa shape index (κ2) is 5.44. The minimum atomic E-state index is -1.23. The number of aromatic carboxylic acids is 1. The summed E-state index contributed by atoms with van der Waals surface area (Å²) in [5.74, 6) is -2.35. The lowest BCUT2D eigenvalue weighted by Crippen LogP contribution is -2.30. The molecule has 0 saturated heterocycles. The van der Waals surface area contributed by atoms with E-state index in [1.807, 2.05) is 12.2 Å². The molecule has 3 nitrogen and oxygen atoms in total. The van der Waals surface area contributed by atoms with Crippen molar-refractivity contribution in [1.29, 1.82) is 0 Å². The van der Waals surface area contributed by atoms with Crippen LogP contribution in [-0.4, -0.2) is 5.97 Å². The van der Waals surface area contributed by atoms with Gasteiger partial charge in [-0.3, -0.25) is 0 Å². The molecule has 2 aromatic carbocycles. The fourth-order valence-corrected chi connectivity index (χ4v) is 3.78. The molecule has 0 fully saturated rings. The van der Waals surface area contributed by atoms with Crippen molar-refractivity contribution in [3.05, 3.63) is 76.9 Å². The van der Waals surface area contributed by atoms with Crippen LogP contribution in [0.2, 0.25) is 0 Å². The van der Waals surface area contributed by atoms with Gasteiger partial charge in [-0.2, -0.15) is 0 Å². The number of halogens is 2. The van der Waals surface area contributed by atoms with E-state index in [0.29, 0.717) is 11.3 Å². The molecule has 2 aliphatic rings. The molecule has 2 aromatic rings. The molecule has 1 aliphatic heterocycles. The SMILES string of the molecule is O=C([O-])c1ccc([C@H]2Nc3c(F)cc(F)cc3[C@H]3C=CC[C@H]32)cc1. The van der Waals surface area contributed by atoms with E-state index in [4.69, 9.17) is 0 Å². The van der Waals surface area contributed by atoms with Gasteiger partial charge in [-0.15, -0.1) is 0 Å². The molecule has 3 atom stereocenters. The Morgan fingerprint density at radius 3 is 2.62 bits per heavy atom. The first-order chi connectivity index (χ1) is 11.5. The van der Waals surface area contributed by atoms with Crippen LogP contribution in [0.25, 0.3) is 0 Å². The highest BCUT2D eigenvalue weighted by atomic mass is 19.1. The van der Waals surface area contributed by atoms with E-state index >= 15 is 0 Å². The number of rotatable bonds is 2. The molecule has 0 radical (unpaired) electrons. The zero-order valence-corrected chi connectivity index (χ0v) is 12.6. The summed E-state index contributed by atoms with van der Waals surface area (Å²) in [4.78, 5) is 10.9. The van der Waals surface area contributed by atoms with Crippen molar-refractivity contribution in [2.75, 3.05) is 5.32 Å². The fourth-order valence-electron chi connectivity index (χ4n) is 3.78. The van der Waals surface area contributed by atoms with Crippen LogP contribution in [-0.2, 0) is 0 Å². The lowest BCUT2D eigenvalue weighted by Gasteiger charge is -2.37. The van der Waals surface area contributed by atoms with Crippen LogP contribution in [0.1, 0.15) is 39.9 Å². The molecule has 1 N–H and O–H groups in total. The third-order valence-electron chi connectivity index (χ3n) is 4.89. The Morgan fingerprint density at radius 1 is 1.17 bits per heavy atom. The van der Waals surface area contributed by atoms with Crippen LogP contribution in [0.15, 0.2) is 48.6 Å². The van der Waals surface area contributed by atoms with Gasteiger partial charge >= 0.3 is 0 Å². The van der Waals surface area contributed by atoms with Crippen molar-refractivity contribution >= 4 is 11.7 Å². The van der Waals surface area contributed by atoms with Crippen molar-refractivity contribution in [1.82, 2.24) is 0 Å². The molecule has 4 rings (SSSR count). The Morgan fingerprint density at radius 2 is 1.92 bits per heavy atom. The summed E-state index contributed by atoms with van der Waals surface area (Å²) in [6, 6.07) is 8.48. The standard InChI is InChI=1S/C19H15F2NO2/c20-12-8-15-13-2-1-3-14(13)17(22-18(15)16(21)9-12)10-4-6-11(7-5-10)19(23)24/h1-2,4-9,13-14,17,22H,3H2,(H,23,24)/p-1/t13-,14+,17+/m0/s1. The predicted molar refractivity (Wildman–Crippen MR) is 83.5 cm³/mol. The number of benzene rings is 2. The molecule has 122 valence electrons. The van der Waals surface area contributed by atoms with Crippen molar-refractivity contribution in [2.45, 2.75) is 18.4 Å². The number of anilines is 1. The van der Waals surface area contributed by atoms with E-state index in [9.17, 15) is 18.7 Å². The minimum Gasteiger partial charge on any atom is -0.545 e. The Balaban J connectivity index is 1.76. The molecule has 5 heteroatoms. The van der Waals surface area contributed by atoms with Gasteiger partial charge in [0, 0.05) is 12.0 Å². The van der Waals surface area contributed by atoms with Gasteiger partial charge < -0.3 is 15.2 Å². The maximum atomic E-state index is 14.2. The van der Waals surface area contributed by atoms with E-state index in [1.54, 1.807) is 12.1 Å². The summed E-state index contributed by atoms with van der Waals surface area (Å²) in [5, 5.41) is 14.1. The van der Waals surface area contributed by atoms with Gasteiger partial charge in [0.05, 0.1) is 17.7 Å². The van der Waals surface area contributed by atoms with E-state index in [2.05, 4.69) is 5.32 Å². The van der Waals surface area contributed by atoms with Gasteiger partial charge in [-0.05, 0) is 35.1 Å². The first-order valence-corrected chi connectivity index (χ1v) is 7.78. The molecule has 0 aromatic heterocycles. The molecule has 0 saturated carbocycles. The van der Waals surface area contributed by atoms with Gasteiger partial charge in [-0.25, -0.2) is 8.78 Å². The van der Waals surface area contributed by atoms with E-state index in [1.165, 1.54) is 18.2 Å². The molecule has 0 bridgehead atoms. The maximum Gasteiger partial charge on any atom is 0.149 e. The number of nitrogens with one attached hydrogen (secondary N) is 1. The number of carboxylic acids is 1. The van der Waals surface area contributed by atoms with E-state index in [-0.39, 0.29) is 23.4 Å². The first-order valence-electron chi connectivity index (χ1n) is 7.78. The summed E-state index contributed by atoms with van der Waals surface area (Å²) < 4.78 is 27.8. The predicted octanol–water partition coefficient (Wildman–Crippen LogP) is 3.15. The third-order valence-corrected chi connectivity index (χ3v) is 4.89. The topological polar surface area (TPSA) is 52.2 Å². The summed E-state index contributed by atoms with van der Waals surface area (Å²) in [7, 11) is 0. The average Bonchev–Trinajstić information content (AvgIpc) is 3.04. The van der Waals surface area contributed by atoms with Crippen molar-refractivity contribution in [2.24, 2.45) is 5.92 Å². The van der Waals surface area contributed by atoms with Crippen LogP contribution in [0.4, 0.5) is 14.5 Å². The normalized spacial score (nSPS) is 24.2. The highest BCUT2D eigenvalue weighted by molar-refractivity contribution is 5.85. The smallest absolute Gasteiger partial charge is 0.149 e. The monoisotopic (exact) mass is 326 g/mol. The van der Waals surface area contributed by atoms with Gasteiger partial charge in [0.2, 0.25) is 0 Å². The van der Waals surface area contributed by atoms with Gasteiger partial charge in [-0.1, -0.05) is 36.4 Å². The molecule has 1 aliphatic carbocycles. The molecule has 0 amide bonds. The van der Waals surface area contributed by atoms with Crippen molar-refractivity contribution in [3.63, 3.8) is 0 Å². The van der Waals surface area contributed by atoms with E-state index < -0.39 is 17.6 Å². The lowest BCUT2D eigenvalue weighted by atomic mass is 9.77. The van der Waals surface area contributed by atoms with Crippen LogP contribution in [0.5, 0.6) is 0 Å². The number of carbonyl (C=O) groups is 1. The highest BCUT2D eigenvalue weighted by Gasteiger charge is 2.39. The van der Waals surface area contributed by atoms with Gasteiger partial charge in [0.15, 0.2) is 0 Å². The zero-order valence-electron chi connectivity index (χ0n) is 12.6. The fraction of sp³-hybridized carbons (Fsp3) is 0.211. The molecular weight excluding hydrogens is 312 g/mol. The number of hydrogen-bond acceptors (Lipinski definition) is 3. The number of hydrogen-bond donors (Lipinski definition) is 1. The van der Waals surface area contributed by atoms with Gasteiger partial charge in [0.1, 0.15) is 11.6 Å². The summed E-state index contributed by atoms with van der Waals surface area (Å²) in [6.45, 7) is 0. The molecule has 24 heavy (non-hydrogen) atoms. The molecule has 1 heterocycles. The largest absolute Gasteiger partial charge is 0.545 e. The van der Waals surface area contributed by atoms with Crippen molar-refractivity contribution in [3.8, 4) is 0 Å². The maximum absolute atomic E-state index is 14.2. The first kappa shape index (κ1) is 14.9. The Bertz CT molecular complexity index is 845. The summed E-state index contributed by atoms with van der Waals surface area (Å²) >= 11 is 0. The highest BCUT2D eigenvalue weighted by Crippen LogP contribution is 2.50. The van der Waals surface area contributed by atoms with Gasteiger partial charge in [0.25, 0.3) is 0 Å². The molecule has 0 unspecified atom stereocenters. The van der Waals surface area contributed by atoms with E-state index in [0.717, 1.165) is 18.1 Å². The number of carboxylic acid groups (broad SMARTS) is 1. The second-order valence-corrected chi connectivity index (χ2v) is 6.24. The van der Waals surface area contributed by atoms with Crippen LogP contribution in [0, 0.1) is 17.6 Å². The van der Waals surface area contributed by atoms with Crippen LogP contribution >= 0.6 is 0 Å². The molecule has 0 spiro atoms. The zero-order chi connectivity index (χ0) is 16.8. The van der Waals surface area contributed by atoms with Crippen LogP contribution < -0.4 is 10.4 Å². The number of fused-ring (bicyclic) bond motifs is 3.